The molecule has 1 heterocycles. The third-order valence-corrected chi connectivity index (χ3v) is 4.50. The Balaban J connectivity index is 0.00000180. The summed E-state index contributed by atoms with van der Waals surface area (Å²) in [4.78, 5) is 2.55. The van der Waals surface area contributed by atoms with Crippen LogP contribution in [0.3, 0.4) is 0 Å². The Hall–Kier alpha value is -0.570. The highest BCUT2D eigenvalue weighted by atomic mass is 35.5. The van der Waals surface area contributed by atoms with E-state index in [0.717, 1.165) is 26.1 Å². The van der Waals surface area contributed by atoms with Crippen molar-refractivity contribution in [3.8, 4) is 0 Å². The molecule has 1 atom stereocenters. The molecule has 0 spiro atoms. The maximum atomic E-state index is 6.20. The normalized spacial score (nSPS) is 22.9. The molecule has 3 heteroatoms. The summed E-state index contributed by atoms with van der Waals surface area (Å²) in [5.74, 6) is 0. The van der Waals surface area contributed by atoms with E-state index in [0.29, 0.717) is 6.04 Å². The van der Waals surface area contributed by atoms with Gasteiger partial charge in [0.2, 0.25) is 0 Å². The fraction of sp³-hybridized carbons (Fsp3) is 0.625. The highest BCUT2D eigenvalue weighted by Gasteiger charge is 2.33. The van der Waals surface area contributed by atoms with E-state index >= 15 is 0 Å². The molecule has 1 saturated heterocycles. The Morgan fingerprint density at radius 3 is 2.63 bits per heavy atom. The Morgan fingerprint density at radius 1 is 1.32 bits per heavy atom. The van der Waals surface area contributed by atoms with Gasteiger partial charge in [0.1, 0.15) is 0 Å². The lowest BCUT2D eigenvalue weighted by atomic mass is 9.79. The van der Waals surface area contributed by atoms with E-state index in [1.54, 1.807) is 0 Å². The van der Waals surface area contributed by atoms with Gasteiger partial charge in [0.25, 0.3) is 0 Å². The molecule has 0 saturated carbocycles. The Bertz CT molecular complexity index is 429. The SMILES string of the molecule is Cc1cccc(CN2CCC(N)C(C)(C)C2)c1C.Cl. The molecule has 108 valence electrons. The Morgan fingerprint density at radius 2 is 2.00 bits per heavy atom. The molecular weight excluding hydrogens is 256 g/mol. The van der Waals surface area contributed by atoms with Crippen molar-refractivity contribution in [2.45, 2.75) is 46.7 Å². The number of rotatable bonds is 2. The molecule has 0 aromatic heterocycles. The van der Waals surface area contributed by atoms with E-state index in [-0.39, 0.29) is 17.8 Å². The van der Waals surface area contributed by atoms with Crippen molar-refractivity contribution in [3.63, 3.8) is 0 Å². The molecule has 19 heavy (non-hydrogen) atoms. The van der Waals surface area contributed by atoms with E-state index < -0.39 is 0 Å². The summed E-state index contributed by atoms with van der Waals surface area (Å²) in [7, 11) is 0. The number of aryl methyl sites for hydroxylation is 1. The fourth-order valence-electron chi connectivity index (χ4n) is 2.84. The molecule has 0 amide bonds. The topological polar surface area (TPSA) is 29.3 Å². The van der Waals surface area contributed by atoms with Crippen LogP contribution in [0.2, 0.25) is 0 Å². The minimum atomic E-state index is 0. The monoisotopic (exact) mass is 282 g/mol. The number of halogens is 1. The first-order chi connectivity index (χ1) is 8.40. The van der Waals surface area contributed by atoms with Gasteiger partial charge in [-0.05, 0) is 42.4 Å². The van der Waals surface area contributed by atoms with Gasteiger partial charge in [-0.25, -0.2) is 0 Å². The van der Waals surface area contributed by atoms with E-state index in [1.165, 1.54) is 16.7 Å². The fourth-order valence-corrected chi connectivity index (χ4v) is 2.84. The quantitative estimate of drug-likeness (QED) is 0.902. The molecule has 0 aliphatic carbocycles. The molecule has 1 aromatic carbocycles. The van der Waals surface area contributed by atoms with Gasteiger partial charge >= 0.3 is 0 Å². The van der Waals surface area contributed by atoms with Crippen molar-refractivity contribution >= 4 is 12.4 Å². The summed E-state index contributed by atoms with van der Waals surface area (Å²) < 4.78 is 0. The average molecular weight is 283 g/mol. The number of likely N-dealkylation sites (tertiary alicyclic amines) is 1. The summed E-state index contributed by atoms with van der Waals surface area (Å²) >= 11 is 0. The summed E-state index contributed by atoms with van der Waals surface area (Å²) in [6.45, 7) is 12.3. The zero-order chi connectivity index (χ0) is 13.3. The first-order valence-corrected chi connectivity index (χ1v) is 6.93. The minimum absolute atomic E-state index is 0. The molecule has 0 radical (unpaired) electrons. The summed E-state index contributed by atoms with van der Waals surface area (Å²) in [6, 6.07) is 6.95. The van der Waals surface area contributed by atoms with E-state index in [9.17, 15) is 0 Å². The van der Waals surface area contributed by atoms with Crippen molar-refractivity contribution in [3.05, 3.63) is 34.9 Å². The van der Waals surface area contributed by atoms with Crippen LogP contribution >= 0.6 is 12.4 Å². The number of hydrogen-bond acceptors (Lipinski definition) is 2. The number of piperidine rings is 1. The largest absolute Gasteiger partial charge is 0.327 e. The zero-order valence-corrected chi connectivity index (χ0v) is 13.4. The first-order valence-electron chi connectivity index (χ1n) is 6.93. The molecule has 2 nitrogen and oxygen atoms in total. The lowest BCUT2D eigenvalue weighted by Crippen LogP contribution is -2.52. The molecule has 1 unspecified atom stereocenters. The van der Waals surface area contributed by atoms with Crippen LogP contribution in [0.25, 0.3) is 0 Å². The van der Waals surface area contributed by atoms with Crippen molar-refractivity contribution < 1.29 is 0 Å². The third-order valence-electron chi connectivity index (χ3n) is 4.50. The second kappa shape index (κ2) is 6.25. The minimum Gasteiger partial charge on any atom is -0.327 e. The van der Waals surface area contributed by atoms with Crippen molar-refractivity contribution in [1.82, 2.24) is 4.90 Å². The predicted octanol–water partition coefficient (Wildman–Crippen LogP) is 3.28. The van der Waals surface area contributed by atoms with Crippen LogP contribution in [0.15, 0.2) is 18.2 Å². The highest BCUT2D eigenvalue weighted by molar-refractivity contribution is 5.85. The lowest BCUT2D eigenvalue weighted by Gasteiger charge is -2.42. The van der Waals surface area contributed by atoms with Gasteiger partial charge in [-0.15, -0.1) is 12.4 Å². The lowest BCUT2D eigenvalue weighted by molar-refractivity contribution is 0.0897. The second-order valence-electron chi connectivity index (χ2n) is 6.45. The van der Waals surface area contributed by atoms with Crippen LogP contribution in [0.1, 0.15) is 37.0 Å². The number of nitrogens with zero attached hydrogens (tertiary/aromatic N) is 1. The predicted molar refractivity (Wildman–Crippen MR) is 84.8 cm³/mol. The van der Waals surface area contributed by atoms with Gasteiger partial charge in [-0.2, -0.15) is 0 Å². The highest BCUT2D eigenvalue weighted by Crippen LogP contribution is 2.29. The Kier molecular flexibility index (Phi) is 5.43. The van der Waals surface area contributed by atoms with Crippen molar-refractivity contribution in [2.24, 2.45) is 11.1 Å². The van der Waals surface area contributed by atoms with Gasteiger partial charge < -0.3 is 5.73 Å². The van der Waals surface area contributed by atoms with E-state index in [4.69, 9.17) is 5.73 Å². The standard InChI is InChI=1S/C16H26N2.ClH/c1-12-6-5-7-14(13(12)2)10-18-9-8-15(17)16(3,4)11-18;/h5-7,15H,8-11,17H2,1-4H3;1H. The molecule has 1 aromatic rings. The van der Waals surface area contributed by atoms with Gasteiger partial charge in [0.05, 0.1) is 0 Å². The van der Waals surface area contributed by atoms with E-state index in [1.807, 2.05) is 0 Å². The van der Waals surface area contributed by atoms with Crippen LogP contribution in [0.4, 0.5) is 0 Å². The molecule has 0 bridgehead atoms. The number of hydrogen-bond donors (Lipinski definition) is 1. The number of benzene rings is 1. The maximum absolute atomic E-state index is 6.20. The third kappa shape index (κ3) is 3.71. The molecular formula is C16H27ClN2. The molecule has 1 aliphatic rings. The van der Waals surface area contributed by atoms with Gasteiger partial charge in [-0.3, -0.25) is 4.90 Å². The number of nitrogens with two attached hydrogens (primary N) is 1. The molecule has 2 rings (SSSR count). The average Bonchev–Trinajstić information content (AvgIpc) is 2.29. The van der Waals surface area contributed by atoms with Crippen LogP contribution in [0, 0.1) is 19.3 Å². The van der Waals surface area contributed by atoms with Crippen LogP contribution < -0.4 is 5.73 Å². The first kappa shape index (κ1) is 16.5. The van der Waals surface area contributed by atoms with Crippen LogP contribution in [-0.4, -0.2) is 24.0 Å². The van der Waals surface area contributed by atoms with Gasteiger partial charge in [0.15, 0.2) is 0 Å². The molecule has 1 fully saturated rings. The maximum Gasteiger partial charge on any atom is 0.0236 e. The zero-order valence-electron chi connectivity index (χ0n) is 12.6. The summed E-state index contributed by atoms with van der Waals surface area (Å²) in [5, 5.41) is 0. The van der Waals surface area contributed by atoms with Crippen LogP contribution in [-0.2, 0) is 6.54 Å². The van der Waals surface area contributed by atoms with Crippen molar-refractivity contribution in [2.75, 3.05) is 13.1 Å². The van der Waals surface area contributed by atoms with Crippen LogP contribution in [0.5, 0.6) is 0 Å². The summed E-state index contributed by atoms with van der Waals surface area (Å²) in [5.41, 5.74) is 10.7. The van der Waals surface area contributed by atoms with E-state index in [2.05, 4.69) is 50.8 Å². The smallest absolute Gasteiger partial charge is 0.0236 e. The Labute approximate surface area is 123 Å². The summed E-state index contributed by atoms with van der Waals surface area (Å²) in [6.07, 6.45) is 1.11. The van der Waals surface area contributed by atoms with Crippen molar-refractivity contribution in [1.29, 1.82) is 0 Å². The van der Waals surface area contributed by atoms with Gasteiger partial charge in [-0.1, -0.05) is 32.0 Å². The van der Waals surface area contributed by atoms with Gasteiger partial charge in [0, 0.05) is 25.7 Å². The molecule has 1 aliphatic heterocycles. The molecule has 2 N–H and O–H groups in total. The second-order valence-corrected chi connectivity index (χ2v) is 6.45.